The van der Waals surface area contributed by atoms with Gasteiger partial charge in [0.25, 0.3) is 5.91 Å². The normalized spacial score (nSPS) is 26.2. The van der Waals surface area contributed by atoms with E-state index in [1.807, 2.05) is 30.3 Å². The van der Waals surface area contributed by atoms with Crippen molar-refractivity contribution in [3.63, 3.8) is 0 Å². The molecule has 6 rings (SSSR count). The number of carbonyl (C=O) groups excluding carboxylic acids is 3. The molecule has 2 aromatic carbocycles. The molecule has 0 spiro atoms. The predicted molar refractivity (Wildman–Crippen MR) is 166 cm³/mol. The van der Waals surface area contributed by atoms with Crippen LogP contribution in [0.25, 0.3) is 10.1 Å². The van der Waals surface area contributed by atoms with E-state index in [4.69, 9.17) is 0 Å². The number of thiophene rings is 1. The molecule has 1 aromatic heterocycles. The average Bonchev–Trinajstić information content (AvgIpc) is 3.77. The van der Waals surface area contributed by atoms with E-state index in [-0.39, 0.29) is 40.1 Å². The number of nitriles is 1. The zero-order chi connectivity index (χ0) is 31.9. The van der Waals surface area contributed by atoms with E-state index in [2.05, 4.69) is 11.4 Å². The van der Waals surface area contributed by atoms with E-state index in [1.54, 1.807) is 9.80 Å². The van der Waals surface area contributed by atoms with Crippen molar-refractivity contribution in [2.75, 3.05) is 13.1 Å². The topological polar surface area (TPSA) is 151 Å². The minimum absolute atomic E-state index is 0.0996. The first-order valence-electron chi connectivity index (χ1n) is 15.1. The zero-order valence-electron chi connectivity index (χ0n) is 24.4. The fraction of sp³-hybridized carbons (Fsp3) is 0.438. The van der Waals surface area contributed by atoms with Gasteiger partial charge in [-0.15, -0.1) is 11.3 Å². The summed E-state index contributed by atoms with van der Waals surface area (Å²) >= 11 is 1.13. The van der Waals surface area contributed by atoms with Crippen molar-refractivity contribution in [2.24, 2.45) is 5.92 Å². The Morgan fingerprint density at radius 2 is 1.80 bits per heavy atom. The number of halogens is 1. The van der Waals surface area contributed by atoms with E-state index < -0.39 is 31.5 Å². The molecular formula is C32H34FN4O6PS. The fourth-order valence-electron chi connectivity index (χ4n) is 7.02. The highest BCUT2D eigenvalue weighted by molar-refractivity contribution is 7.51. The molecule has 3 saturated heterocycles. The summed E-state index contributed by atoms with van der Waals surface area (Å²) in [5.41, 5.74) is 0.832. The number of hydrogen-bond donors (Lipinski definition) is 3. The van der Waals surface area contributed by atoms with Gasteiger partial charge in [-0.25, -0.2) is 4.39 Å². The third-order valence-corrected chi connectivity index (χ3v) is 11.3. The van der Waals surface area contributed by atoms with Gasteiger partial charge in [-0.3, -0.25) is 18.9 Å². The van der Waals surface area contributed by atoms with Gasteiger partial charge in [0.15, 0.2) is 0 Å². The Morgan fingerprint density at radius 3 is 2.53 bits per heavy atom. The van der Waals surface area contributed by atoms with Crippen LogP contribution in [-0.4, -0.2) is 68.5 Å². The van der Waals surface area contributed by atoms with Gasteiger partial charge in [-0.05, 0) is 60.4 Å². The van der Waals surface area contributed by atoms with Gasteiger partial charge in [0.1, 0.15) is 12.1 Å². The maximum atomic E-state index is 14.3. The smallest absolute Gasteiger partial charge is 0.340 e. The standard InChI is InChI=1S/C32H34FN4O6PS/c33-29(44(41,42)43)20-10-13-27-21(14-20)15-28(45-27)30(38)35-25-9-5-4-8-23-11-12-26(37(23)31(25)39)32(40)36-17-22(16-34)24(18-36)19-6-2-1-3-7-19/h1-3,6-7,10,13-15,22-26,29H,4-5,8-9,11-12,17-18H2,(H,35,38)(H2,41,42,43)/t22-,23+,24+,25+,26+,29?/m1/s1. The number of nitrogens with one attached hydrogen (secondary N) is 1. The van der Waals surface area contributed by atoms with E-state index in [9.17, 15) is 38.4 Å². The van der Waals surface area contributed by atoms with E-state index >= 15 is 0 Å². The van der Waals surface area contributed by atoms with Gasteiger partial charge in [0.2, 0.25) is 17.7 Å². The lowest BCUT2D eigenvalue weighted by Crippen LogP contribution is -2.56. The molecule has 45 heavy (non-hydrogen) atoms. The summed E-state index contributed by atoms with van der Waals surface area (Å²) in [7, 11) is -4.98. The lowest BCUT2D eigenvalue weighted by Gasteiger charge is -2.36. The van der Waals surface area contributed by atoms with Crippen molar-refractivity contribution >= 4 is 46.7 Å². The molecule has 3 aliphatic rings. The zero-order valence-corrected chi connectivity index (χ0v) is 26.1. The minimum atomic E-state index is -4.98. The first-order chi connectivity index (χ1) is 21.5. The Balaban J connectivity index is 1.18. The van der Waals surface area contributed by atoms with Crippen LogP contribution < -0.4 is 5.32 Å². The molecule has 3 amide bonds. The SMILES string of the molecule is N#C[C@@H]1CN(C(=O)[C@@H]2CC[C@@H]3CCCC[C@H](NC(=O)c4cc5cc(C(F)P(=O)(O)O)ccc5s4)C(=O)N32)C[C@H]1c1ccccc1. The molecule has 4 heterocycles. The number of amides is 3. The van der Waals surface area contributed by atoms with E-state index in [1.165, 1.54) is 24.3 Å². The van der Waals surface area contributed by atoms with Crippen molar-refractivity contribution in [1.82, 2.24) is 15.1 Å². The molecule has 1 unspecified atom stereocenters. The molecule has 0 saturated carbocycles. The van der Waals surface area contributed by atoms with Gasteiger partial charge in [0, 0.05) is 29.7 Å². The molecule has 3 fully saturated rings. The van der Waals surface area contributed by atoms with Crippen LogP contribution in [0.3, 0.4) is 0 Å². The molecule has 6 atom stereocenters. The molecule has 0 bridgehead atoms. The number of fused-ring (bicyclic) bond motifs is 2. The number of likely N-dealkylation sites (tertiary alicyclic amines) is 1. The highest BCUT2D eigenvalue weighted by Gasteiger charge is 2.47. The predicted octanol–water partition coefficient (Wildman–Crippen LogP) is 4.84. The van der Waals surface area contributed by atoms with Crippen molar-refractivity contribution < 1.29 is 33.1 Å². The number of rotatable bonds is 6. The Bertz CT molecular complexity index is 1710. The van der Waals surface area contributed by atoms with E-state index in [0.717, 1.165) is 36.2 Å². The molecule has 0 aliphatic carbocycles. The van der Waals surface area contributed by atoms with Crippen LogP contribution in [0.5, 0.6) is 0 Å². The summed E-state index contributed by atoms with van der Waals surface area (Å²) < 4.78 is 26.3. The van der Waals surface area contributed by atoms with Crippen LogP contribution in [0.15, 0.2) is 54.6 Å². The van der Waals surface area contributed by atoms with Crippen molar-refractivity contribution in [3.05, 3.63) is 70.6 Å². The molecule has 10 nitrogen and oxygen atoms in total. The number of alkyl halides is 1. The summed E-state index contributed by atoms with van der Waals surface area (Å²) in [6.45, 7) is 0.721. The fourth-order valence-corrected chi connectivity index (χ4v) is 8.51. The number of carbonyl (C=O) groups is 3. The maximum absolute atomic E-state index is 14.3. The molecule has 3 aromatic rings. The van der Waals surface area contributed by atoms with Gasteiger partial charge in [-0.1, -0.05) is 49.2 Å². The van der Waals surface area contributed by atoms with Gasteiger partial charge in [0.05, 0.1) is 16.9 Å². The second-order valence-electron chi connectivity index (χ2n) is 12.1. The highest BCUT2D eigenvalue weighted by atomic mass is 32.1. The lowest BCUT2D eigenvalue weighted by atomic mass is 9.90. The lowest BCUT2D eigenvalue weighted by molar-refractivity contribution is -0.146. The monoisotopic (exact) mass is 652 g/mol. The molecular weight excluding hydrogens is 618 g/mol. The minimum Gasteiger partial charge on any atom is -0.340 e. The van der Waals surface area contributed by atoms with Crippen LogP contribution in [0.1, 0.15) is 71.2 Å². The second kappa shape index (κ2) is 12.6. The molecule has 3 N–H and O–H groups in total. The number of benzene rings is 2. The third kappa shape index (κ3) is 6.27. The Morgan fingerprint density at radius 1 is 1.04 bits per heavy atom. The Hall–Kier alpha value is -3.62. The summed E-state index contributed by atoms with van der Waals surface area (Å²) in [6, 6.07) is 16.1. The summed E-state index contributed by atoms with van der Waals surface area (Å²) in [4.78, 5) is 63.5. The Labute approximate surface area is 264 Å². The van der Waals surface area contributed by atoms with Crippen molar-refractivity contribution in [2.45, 2.75) is 68.5 Å². The largest absolute Gasteiger partial charge is 0.363 e. The van der Waals surface area contributed by atoms with Gasteiger partial charge in [-0.2, -0.15) is 5.26 Å². The van der Waals surface area contributed by atoms with Gasteiger partial charge >= 0.3 is 7.60 Å². The van der Waals surface area contributed by atoms with Crippen LogP contribution in [0, 0.1) is 17.2 Å². The van der Waals surface area contributed by atoms with Crippen LogP contribution >= 0.6 is 18.9 Å². The summed E-state index contributed by atoms with van der Waals surface area (Å²) in [5, 5.41) is 13.2. The molecule has 236 valence electrons. The van der Waals surface area contributed by atoms with Crippen molar-refractivity contribution in [3.8, 4) is 6.07 Å². The molecule has 0 radical (unpaired) electrons. The first kappa shape index (κ1) is 31.4. The van der Waals surface area contributed by atoms with E-state index in [0.29, 0.717) is 42.4 Å². The van der Waals surface area contributed by atoms with Crippen LogP contribution in [0.2, 0.25) is 0 Å². The van der Waals surface area contributed by atoms with Crippen LogP contribution in [0.4, 0.5) is 4.39 Å². The van der Waals surface area contributed by atoms with Crippen molar-refractivity contribution in [1.29, 1.82) is 5.26 Å². The van der Waals surface area contributed by atoms with Crippen LogP contribution in [-0.2, 0) is 14.2 Å². The number of hydrogen-bond acceptors (Lipinski definition) is 6. The molecule has 3 aliphatic heterocycles. The first-order valence-corrected chi connectivity index (χ1v) is 17.6. The quantitative estimate of drug-likeness (QED) is 0.322. The Kier molecular flexibility index (Phi) is 8.81. The summed E-state index contributed by atoms with van der Waals surface area (Å²) in [6.07, 6.45) is 4.03. The second-order valence-corrected chi connectivity index (χ2v) is 14.8. The summed E-state index contributed by atoms with van der Waals surface area (Å²) in [5.74, 6) is -3.83. The van der Waals surface area contributed by atoms with Gasteiger partial charge < -0.3 is 24.9 Å². The number of nitrogens with zero attached hydrogens (tertiary/aromatic N) is 3. The molecule has 13 heteroatoms. The average molecular weight is 653 g/mol. The highest BCUT2D eigenvalue weighted by Crippen LogP contribution is 2.53. The third-order valence-electron chi connectivity index (χ3n) is 9.29. The maximum Gasteiger partial charge on any atom is 0.363 e.